The van der Waals surface area contributed by atoms with Gasteiger partial charge in [0, 0.05) is 18.7 Å². The Hall–Kier alpha value is -2.03. The molecule has 0 aliphatic heterocycles. The van der Waals surface area contributed by atoms with Crippen molar-refractivity contribution in [2.75, 3.05) is 11.1 Å². The number of amides is 1. The molecule has 0 aliphatic carbocycles. The van der Waals surface area contributed by atoms with E-state index in [4.69, 9.17) is 17.2 Å². The Labute approximate surface area is 121 Å². The Morgan fingerprint density at radius 2 is 2.10 bits per heavy atom. The van der Waals surface area contributed by atoms with Crippen molar-refractivity contribution in [1.29, 1.82) is 0 Å². The summed E-state index contributed by atoms with van der Waals surface area (Å²) >= 11 is 0. The van der Waals surface area contributed by atoms with Gasteiger partial charge in [-0.15, -0.1) is 0 Å². The first kappa shape index (κ1) is 17.0. The number of carbonyl (C=O) groups excluding carboxylic acids is 1. The van der Waals surface area contributed by atoms with E-state index in [9.17, 15) is 13.6 Å². The van der Waals surface area contributed by atoms with Crippen molar-refractivity contribution in [2.45, 2.75) is 44.7 Å². The van der Waals surface area contributed by atoms with Crippen LogP contribution in [-0.2, 0) is 0 Å². The lowest BCUT2D eigenvalue weighted by atomic mass is 9.98. The maximum atomic E-state index is 13.9. The van der Waals surface area contributed by atoms with Gasteiger partial charge in [0.05, 0.1) is 5.56 Å². The lowest BCUT2D eigenvalue weighted by Crippen LogP contribution is -2.52. The van der Waals surface area contributed by atoms with E-state index in [2.05, 4.69) is 15.3 Å². The molecule has 1 aromatic heterocycles. The largest absolute Gasteiger partial charge is 0.383 e. The van der Waals surface area contributed by atoms with E-state index >= 15 is 0 Å². The molecule has 0 spiro atoms. The minimum atomic E-state index is -3.03. The van der Waals surface area contributed by atoms with Gasteiger partial charge in [-0.2, -0.15) is 4.98 Å². The van der Waals surface area contributed by atoms with Crippen LogP contribution in [0.2, 0.25) is 0 Å². The van der Waals surface area contributed by atoms with E-state index in [0.29, 0.717) is 6.42 Å². The summed E-state index contributed by atoms with van der Waals surface area (Å²) in [5, 5.41) is 2.50. The van der Waals surface area contributed by atoms with Gasteiger partial charge in [0.2, 0.25) is 5.95 Å². The summed E-state index contributed by atoms with van der Waals surface area (Å²) in [5.41, 5.74) is 16.3. The highest BCUT2D eigenvalue weighted by molar-refractivity contribution is 5.96. The summed E-state index contributed by atoms with van der Waals surface area (Å²) in [7, 11) is 0. The first-order valence-corrected chi connectivity index (χ1v) is 6.55. The summed E-state index contributed by atoms with van der Waals surface area (Å²) in [4.78, 5) is 18.6. The zero-order valence-electron chi connectivity index (χ0n) is 11.9. The molecule has 1 heterocycles. The summed E-state index contributed by atoms with van der Waals surface area (Å²) in [6.07, 6.45) is 1.06. The Kier molecular flexibility index (Phi) is 5.36. The standard InChI is InChI=1S/C12H20F2N6O/c1-3-7(15)8(12(13,14)4-2)19-11-18-5-6(10(17)21)9(16)20-11/h5,7-8H,3-4,15H2,1-2H3,(H2,17,21)(H3,16,18,19,20). The molecule has 7 N–H and O–H groups in total. The molecule has 0 bridgehead atoms. The van der Waals surface area contributed by atoms with E-state index in [-0.39, 0.29) is 23.8 Å². The molecule has 1 rings (SSSR count). The van der Waals surface area contributed by atoms with E-state index in [1.54, 1.807) is 6.92 Å². The SMILES string of the molecule is CCC(N)C(Nc1ncc(C(N)=O)c(N)n1)C(F)(F)CC. The van der Waals surface area contributed by atoms with Crippen LogP contribution < -0.4 is 22.5 Å². The number of rotatable bonds is 7. The number of halogens is 2. The Morgan fingerprint density at radius 3 is 2.52 bits per heavy atom. The Morgan fingerprint density at radius 1 is 1.48 bits per heavy atom. The van der Waals surface area contributed by atoms with Crippen molar-refractivity contribution >= 4 is 17.7 Å². The van der Waals surface area contributed by atoms with E-state index < -0.39 is 23.9 Å². The molecule has 0 fully saturated rings. The average molecular weight is 302 g/mol. The van der Waals surface area contributed by atoms with Crippen molar-refractivity contribution in [3.05, 3.63) is 11.8 Å². The summed E-state index contributed by atoms with van der Waals surface area (Å²) in [5.74, 6) is -4.13. The number of nitrogens with zero attached hydrogens (tertiary/aromatic N) is 2. The molecule has 1 aromatic rings. The van der Waals surface area contributed by atoms with Crippen LogP contribution in [0.4, 0.5) is 20.5 Å². The molecule has 118 valence electrons. The first-order valence-electron chi connectivity index (χ1n) is 6.55. The zero-order chi connectivity index (χ0) is 16.2. The molecule has 0 radical (unpaired) electrons. The minimum Gasteiger partial charge on any atom is -0.383 e. The van der Waals surface area contributed by atoms with Crippen LogP contribution in [0.25, 0.3) is 0 Å². The normalized spacial score (nSPS) is 14.5. The fourth-order valence-electron chi connectivity index (χ4n) is 1.77. The number of nitrogens with two attached hydrogens (primary N) is 3. The monoisotopic (exact) mass is 302 g/mol. The third-order valence-electron chi connectivity index (χ3n) is 3.19. The Balaban J connectivity index is 3.04. The summed E-state index contributed by atoms with van der Waals surface area (Å²) < 4.78 is 27.9. The van der Waals surface area contributed by atoms with Crippen LogP contribution in [0.3, 0.4) is 0 Å². The van der Waals surface area contributed by atoms with Gasteiger partial charge in [-0.3, -0.25) is 4.79 Å². The second kappa shape index (κ2) is 6.61. The number of aromatic nitrogens is 2. The molecule has 0 saturated heterocycles. The van der Waals surface area contributed by atoms with Crippen molar-refractivity contribution in [1.82, 2.24) is 9.97 Å². The Bertz CT molecular complexity index is 511. The van der Waals surface area contributed by atoms with Gasteiger partial charge >= 0.3 is 0 Å². The number of carbonyl (C=O) groups is 1. The highest BCUT2D eigenvalue weighted by Gasteiger charge is 2.41. The minimum absolute atomic E-state index is 0.0702. The maximum absolute atomic E-state index is 13.9. The number of alkyl halides is 2. The number of hydrogen-bond donors (Lipinski definition) is 4. The molecule has 1 amide bonds. The third-order valence-corrected chi connectivity index (χ3v) is 3.19. The maximum Gasteiger partial charge on any atom is 0.269 e. The smallest absolute Gasteiger partial charge is 0.269 e. The third kappa shape index (κ3) is 3.97. The van der Waals surface area contributed by atoms with E-state index in [1.165, 1.54) is 6.92 Å². The number of hydrogen-bond acceptors (Lipinski definition) is 6. The molecule has 0 aliphatic rings. The van der Waals surface area contributed by atoms with Gasteiger partial charge in [-0.25, -0.2) is 13.8 Å². The molecule has 2 atom stereocenters. The fraction of sp³-hybridized carbons (Fsp3) is 0.583. The van der Waals surface area contributed by atoms with Crippen LogP contribution in [0.5, 0.6) is 0 Å². The predicted molar refractivity (Wildman–Crippen MR) is 75.9 cm³/mol. The second-order valence-corrected chi connectivity index (χ2v) is 4.67. The predicted octanol–water partition coefficient (Wildman–Crippen LogP) is 0.721. The lowest BCUT2D eigenvalue weighted by molar-refractivity contribution is -0.0293. The molecule has 0 saturated carbocycles. The van der Waals surface area contributed by atoms with Crippen molar-refractivity contribution in [2.24, 2.45) is 11.5 Å². The summed E-state index contributed by atoms with van der Waals surface area (Å²) in [6.45, 7) is 3.07. The van der Waals surface area contributed by atoms with Gasteiger partial charge < -0.3 is 22.5 Å². The first-order chi connectivity index (χ1) is 9.72. The highest BCUT2D eigenvalue weighted by atomic mass is 19.3. The quantitative estimate of drug-likeness (QED) is 0.586. The molecule has 7 nitrogen and oxygen atoms in total. The van der Waals surface area contributed by atoms with E-state index in [0.717, 1.165) is 6.20 Å². The van der Waals surface area contributed by atoms with Crippen molar-refractivity contribution in [3.8, 4) is 0 Å². The van der Waals surface area contributed by atoms with Gasteiger partial charge in [-0.1, -0.05) is 13.8 Å². The van der Waals surface area contributed by atoms with Gasteiger partial charge in [0.25, 0.3) is 11.8 Å². The van der Waals surface area contributed by atoms with Crippen LogP contribution in [0.15, 0.2) is 6.20 Å². The summed E-state index contributed by atoms with van der Waals surface area (Å²) in [6, 6.07) is -2.13. The van der Waals surface area contributed by atoms with Gasteiger partial charge in [0.1, 0.15) is 11.9 Å². The number of anilines is 2. The van der Waals surface area contributed by atoms with Gasteiger partial charge in [-0.05, 0) is 6.42 Å². The number of nitrogen functional groups attached to an aromatic ring is 1. The molecular formula is C12H20F2N6O. The highest BCUT2D eigenvalue weighted by Crippen LogP contribution is 2.27. The van der Waals surface area contributed by atoms with Gasteiger partial charge in [0.15, 0.2) is 0 Å². The zero-order valence-corrected chi connectivity index (χ0v) is 11.9. The van der Waals surface area contributed by atoms with Crippen LogP contribution in [-0.4, -0.2) is 33.9 Å². The molecule has 9 heteroatoms. The molecular weight excluding hydrogens is 282 g/mol. The van der Waals surface area contributed by atoms with E-state index in [1.807, 2.05) is 0 Å². The molecule has 21 heavy (non-hydrogen) atoms. The van der Waals surface area contributed by atoms with Crippen molar-refractivity contribution in [3.63, 3.8) is 0 Å². The lowest BCUT2D eigenvalue weighted by Gasteiger charge is -2.31. The van der Waals surface area contributed by atoms with Crippen LogP contribution in [0.1, 0.15) is 37.0 Å². The molecule has 2 unspecified atom stereocenters. The van der Waals surface area contributed by atoms with Crippen molar-refractivity contribution < 1.29 is 13.6 Å². The average Bonchev–Trinajstić information content (AvgIpc) is 2.43. The molecule has 0 aromatic carbocycles. The number of primary amides is 1. The van der Waals surface area contributed by atoms with Crippen LogP contribution in [0, 0.1) is 0 Å². The second-order valence-electron chi connectivity index (χ2n) is 4.67. The fourth-order valence-corrected chi connectivity index (χ4v) is 1.77. The number of nitrogens with one attached hydrogen (secondary N) is 1. The van der Waals surface area contributed by atoms with Crippen LogP contribution >= 0.6 is 0 Å². The topological polar surface area (TPSA) is 133 Å².